The van der Waals surface area contributed by atoms with Crippen LogP contribution in [0.25, 0.3) is 0 Å². The molecule has 0 aromatic heterocycles. The number of likely N-dealkylation sites (tertiary alicyclic amines) is 1. The molecule has 1 N–H and O–H groups in total. The van der Waals surface area contributed by atoms with Crippen LogP contribution in [0.4, 0.5) is 0 Å². The molecule has 0 unspecified atom stereocenters. The molecule has 0 atom stereocenters. The fourth-order valence-corrected chi connectivity index (χ4v) is 4.22. The fraction of sp³-hybridized carbons (Fsp3) is 0.520. The van der Waals surface area contributed by atoms with E-state index in [4.69, 9.17) is 0 Å². The van der Waals surface area contributed by atoms with E-state index in [1.165, 1.54) is 24.0 Å². The highest BCUT2D eigenvalue weighted by Crippen LogP contribution is 2.24. The molecule has 0 saturated carbocycles. The zero-order chi connectivity index (χ0) is 19.8. The van der Waals surface area contributed by atoms with Crippen molar-refractivity contribution in [3.63, 3.8) is 0 Å². The maximum atomic E-state index is 9.54. The van der Waals surface area contributed by atoms with Gasteiger partial charge in [-0.05, 0) is 43.0 Å². The Labute approximate surface area is 171 Å². The van der Waals surface area contributed by atoms with Crippen molar-refractivity contribution in [1.82, 2.24) is 9.80 Å². The van der Waals surface area contributed by atoms with Gasteiger partial charge in [0.05, 0.1) is 0 Å². The maximum Gasteiger partial charge on any atom is 0.0494 e. The van der Waals surface area contributed by atoms with Gasteiger partial charge in [0.2, 0.25) is 0 Å². The summed E-state index contributed by atoms with van der Waals surface area (Å²) in [5.74, 6) is 0.751. The number of aliphatic hydroxyl groups is 1. The molecule has 2 aromatic carbocycles. The van der Waals surface area contributed by atoms with Crippen molar-refractivity contribution in [1.29, 1.82) is 0 Å². The average Bonchev–Trinajstić information content (AvgIpc) is 2.71. The number of benzene rings is 2. The molecule has 3 rings (SSSR count). The zero-order valence-corrected chi connectivity index (χ0v) is 17.6. The van der Waals surface area contributed by atoms with Crippen molar-refractivity contribution >= 4 is 0 Å². The molecular weight excluding hydrogens is 344 g/mol. The third-order valence-electron chi connectivity index (χ3n) is 5.80. The van der Waals surface area contributed by atoms with E-state index in [0.29, 0.717) is 0 Å². The van der Waals surface area contributed by atoms with Gasteiger partial charge in [-0.15, -0.1) is 0 Å². The number of hydrogen-bond donors (Lipinski definition) is 1. The molecule has 0 aliphatic carbocycles. The van der Waals surface area contributed by atoms with E-state index in [1.54, 1.807) is 0 Å². The summed E-state index contributed by atoms with van der Waals surface area (Å²) < 4.78 is 0. The summed E-state index contributed by atoms with van der Waals surface area (Å²) in [6.07, 6.45) is 2.50. The number of rotatable bonds is 9. The van der Waals surface area contributed by atoms with Gasteiger partial charge < -0.3 is 10.0 Å². The lowest BCUT2D eigenvalue weighted by molar-refractivity contribution is 0.0725. The Hall–Kier alpha value is -1.68. The van der Waals surface area contributed by atoms with Crippen LogP contribution in [0.3, 0.4) is 0 Å². The monoisotopic (exact) mass is 380 g/mol. The molecule has 1 aliphatic rings. The van der Waals surface area contributed by atoms with E-state index in [9.17, 15) is 5.11 Å². The summed E-state index contributed by atoms with van der Waals surface area (Å²) in [4.78, 5) is 5.15. The lowest BCUT2D eigenvalue weighted by Gasteiger charge is -2.38. The molecule has 0 spiro atoms. The normalized spacial score (nSPS) is 16.6. The van der Waals surface area contributed by atoms with Gasteiger partial charge in [0, 0.05) is 38.2 Å². The van der Waals surface area contributed by atoms with E-state index < -0.39 is 0 Å². The number of hydrogen-bond acceptors (Lipinski definition) is 3. The second-order valence-electron chi connectivity index (χ2n) is 9.18. The summed E-state index contributed by atoms with van der Waals surface area (Å²) in [5, 5.41) is 9.54. The van der Waals surface area contributed by atoms with Crippen LogP contribution in [0, 0.1) is 11.3 Å². The van der Waals surface area contributed by atoms with Gasteiger partial charge in [0.15, 0.2) is 0 Å². The molecule has 0 radical (unpaired) electrons. The van der Waals surface area contributed by atoms with Crippen LogP contribution in [0.15, 0.2) is 60.7 Å². The van der Waals surface area contributed by atoms with Crippen molar-refractivity contribution in [2.45, 2.75) is 39.8 Å². The van der Waals surface area contributed by atoms with Crippen LogP contribution in [0.5, 0.6) is 0 Å². The number of piperidine rings is 1. The van der Waals surface area contributed by atoms with Crippen molar-refractivity contribution < 1.29 is 5.11 Å². The van der Waals surface area contributed by atoms with Gasteiger partial charge in [0.25, 0.3) is 0 Å². The van der Waals surface area contributed by atoms with Gasteiger partial charge in [-0.3, -0.25) is 4.90 Å². The predicted octanol–water partition coefficient (Wildman–Crippen LogP) is 4.42. The summed E-state index contributed by atoms with van der Waals surface area (Å²) in [6, 6.07) is 21.7. The minimum absolute atomic E-state index is 0.000505. The first-order chi connectivity index (χ1) is 13.5. The molecule has 1 saturated heterocycles. The van der Waals surface area contributed by atoms with Crippen LogP contribution in [-0.4, -0.2) is 47.7 Å². The SMILES string of the molecule is CC(C)(CO)CN1CCC(CN(Cc2ccccc2)Cc2ccccc2)CC1. The molecular formula is C25H36N2O. The van der Waals surface area contributed by atoms with E-state index in [0.717, 1.165) is 45.2 Å². The largest absolute Gasteiger partial charge is 0.396 e. The average molecular weight is 381 g/mol. The Kier molecular flexibility index (Phi) is 7.66. The van der Waals surface area contributed by atoms with Crippen LogP contribution in [0.2, 0.25) is 0 Å². The smallest absolute Gasteiger partial charge is 0.0494 e. The summed E-state index contributed by atoms with van der Waals surface area (Å²) >= 11 is 0. The molecule has 3 heteroatoms. The van der Waals surface area contributed by atoms with Crippen LogP contribution in [-0.2, 0) is 13.1 Å². The van der Waals surface area contributed by atoms with Crippen molar-refractivity contribution in [3.05, 3.63) is 71.8 Å². The van der Waals surface area contributed by atoms with E-state index >= 15 is 0 Å². The van der Waals surface area contributed by atoms with Crippen molar-refractivity contribution in [2.24, 2.45) is 11.3 Å². The summed E-state index contributed by atoms with van der Waals surface area (Å²) in [7, 11) is 0. The van der Waals surface area contributed by atoms with Crippen LogP contribution < -0.4 is 0 Å². The lowest BCUT2D eigenvalue weighted by atomic mass is 9.90. The topological polar surface area (TPSA) is 26.7 Å². The highest BCUT2D eigenvalue weighted by Gasteiger charge is 2.26. The number of nitrogens with zero attached hydrogens (tertiary/aromatic N) is 2. The predicted molar refractivity (Wildman–Crippen MR) is 117 cm³/mol. The lowest BCUT2D eigenvalue weighted by Crippen LogP contribution is -2.43. The van der Waals surface area contributed by atoms with Gasteiger partial charge in [-0.25, -0.2) is 0 Å². The standard InChI is InChI=1S/C25H36N2O/c1-25(2,21-28)20-26-15-13-24(14-16-26)19-27(17-22-9-5-3-6-10-22)18-23-11-7-4-8-12-23/h3-12,24,28H,13-21H2,1-2H3. The molecule has 1 aliphatic heterocycles. The van der Waals surface area contributed by atoms with Crippen molar-refractivity contribution in [3.8, 4) is 0 Å². The molecule has 1 heterocycles. The van der Waals surface area contributed by atoms with Crippen LogP contribution >= 0.6 is 0 Å². The Morgan fingerprint density at radius 3 is 1.86 bits per heavy atom. The second-order valence-corrected chi connectivity index (χ2v) is 9.18. The number of aliphatic hydroxyl groups excluding tert-OH is 1. The summed E-state index contributed by atoms with van der Waals surface area (Å²) in [5.41, 5.74) is 2.78. The molecule has 0 amide bonds. The van der Waals surface area contributed by atoms with Crippen molar-refractivity contribution in [2.75, 3.05) is 32.8 Å². The van der Waals surface area contributed by atoms with Gasteiger partial charge >= 0.3 is 0 Å². The minimum atomic E-state index is -0.000505. The third kappa shape index (κ3) is 6.73. The molecule has 0 bridgehead atoms. The Balaban J connectivity index is 1.57. The maximum absolute atomic E-state index is 9.54. The minimum Gasteiger partial charge on any atom is -0.396 e. The molecule has 2 aromatic rings. The Morgan fingerprint density at radius 2 is 1.39 bits per heavy atom. The molecule has 28 heavy (non-hydrogen) atoms. The first-order valence-corrected chi connectivity index (χ1v) is 10.7. The first-order valence-electron chi connectivity index (χ1n) is 10.7. The fourth-order valence-electron chi connectivity index (χ4n) is 4.22. The molecule has 3 nitrogen and oxygen atoms in total. The summed E-state index contributed by atoms with van der Waals surface area (Å²) in [6.45, 7) is 11.0. The zero-order valence-electron chi connectivity index (χ0n) is 17.6. The Morgan fingerprint density at radius 1 is 0.893 bits per heavy atom. The van der Waals surface area contributed by atoms with Gasteiger partial charge in [-0.1, -0.05) is 74.5 Å². The molecule has 1 fully saturated rings. The van der Waals surface area contributed by atoms with E-state index in [2.05, 4.69) is 84.3 Å². The highest BCUT2D eigenvalue weighted by atomic mass is 16.3. The van der Waals surface area contributed by atoms with Gasteiger partial charge in [-0.2, -0.15) is 0 Å². The van der Waals surface area contributed by atoms with E-state index in [-0.39, 0.29) is 12.0 Å². The second kappa shape index (κ2) is 10.2. The van der Waals surface area contributed by atoms with E-state index in [1.807, 2.05) is 0 Å². The third-order valence-corrected chi connectivity index (χ3v) is 5.80. The first kappa shape index (κ1) is 21.0. The van der Waals surface area contributed by atoms with Gasteiger partial charge in [0.1, 0.15) is 0 Å². The van der Waals surface area contributed by atoms with Crippen LogP contribution in [0.1, 0.15) is 37.8 Å². The Bertz CT molecular complexity index is 637. The quantitative estimate of drug-likeness (QED) is 0.698. The molecule has 152 valence electrons. The highest BCUT2D eigenvalue weighted by molar-refractivity contribution is 5.17.